The molecule has 6 heteroatoms. The van der Waals surface area contributed by atoms with Crippen LogP contribution in [0.1, 0.15) is 24.2 Å². The normalized spacial score (nSPS) is 9.94. The number of carboxylic acid groups (broad SMARTS) is 1. The molecular formula is C12H16N2O3S. The van der Waals surface area contributed by atoms with E-state index in [9.17, 15) is 9.59 Å². The number of nitrogens with zero attached hydrogens (tertiary/aromatic N) is 2. The number of hydrogen-bond donors (Lipinski definition) is 2. The molecule has 0 radical (unpaired) electrons. The Bertz CT molecular complexity index is 447. The first-order valence-corrected chi connectivity index (χ1v) is 6.03. The van der Waals surface area contributed by atoms with Crippen LogP contribution in [0.4, 0.5) is 10.5 Å². The third-order valence-electron chi connectivity index (χ3n) is 2.58. The fourth-order valence-corrected chi connectivity index (χ4v) is 1.87. The SMILES string of the molecule is CCN(CC)C(=O)N(S)c1ccccc1C(=O)O. The van der Waals surface area contributed by atoms with Crippen molar-refractivity contribution < 1.29 is 14.7 Å². The first-order chi connectivity index (χ1) is 8.52. The summed E-state index contributed by atoms with van der Waals surface area (Å²) in [6.07, 6.45) is 0. The fourth-order valence-electron chi connectivity index (χ4n) is 1.57. The van der Waals surface area contributed by atoms with Gasteiger partial charge in [0.1, 0.15) is 0 Å². The molecule has 0 aliphatic carbocycles. The summed E-state index contributed by atoms with van der Waals surface area (Å²) in [5.74, 6) is -1.09. The number of benzene rings is 1. The molecule has 0 heterocycles. The van der Waals surface area contributed by atoms with Crippen LogP contribution in [0.15, 0.2) is 24.3 Å². The number of anilines is 1. The number of amides is 2. The van der Waals surface area contributed by atoms with E-state index in [0.29, 0.717) is 13.1 Å². The quantitative estimate of drug-likeness (QED) is 0.825. The molecule has 2 amide bonds. The molecule has 0 saturated heterocycles. The number of para-hydroxylation sites is 1. The van der Waals surface area contributed by atoms with Gasteiger partial charge in [0.15, 0.2) is 0 Å². The van der Waals surface area contributed by atoms with Crippen molar-refractivity contribution in [2.75, 3.05) is 17.4 Å². The first kappa shape index (κ1) is 14.4. The molecule has 0 bridgehead atoms. The zero-order valence-corrected chi connectivity index (χ0v) is 11.2. The Morgan fingerprint density at radius 1 is 1.22 bits per heavy atom. The number of carboxylic acids is 1. The number of carbonyl (C=O) groups excluding carboxylic acids is 1. The Morgan fingerprint density at radius 2 is 1.78 bits per heavy atom. The minimum atomic E-state index is -1.09. The highest BCUT2D eigenvalue weighted by Gasteiger charge is 2.21. The summed E-state index contributed by atoms with van der Waals surface area (Å²) in [5.41, 5.74) is 0.318. The van der Waals surface area contributed by atoms with Gasteiger partial charge in [-0.1, -0.05) is 24.9 Å². The molecule has 5 nitrogen and oxygen atoms in total. The fraction of sp³-hybridized carbons (Fsp3) is 0.333. The Labute approximate surface area is 112 Å². The zero-order valence-electron chi connectivity index (χ0n) is 10.3. The number of carbonyl (C=O) groups is 2. The summed E-state index contributed by atoms with van der Waals surface area (Å²) < 4.78 is 1.07. The van der Waals surface area contributed by atoms with Crippen LogP contribution in [0.5, 0.6) is 0 Å². The lowest BCUT2D eigenvalue weighted by Crippen LogP contribution is -2.39. The van der Waals surface area contributed by atoms with Crippen LogP contribution < -0.4 is 4.31 Å². The Hall–Kier alpha value is -1.69. The Kier molecular flexibility index (Phi) is 5.03. The maximum absolute atomic E-state index is 12.1. The molecule has 0 unspecified atom stereocenters. The molecule has 0 atom stereocenters. The van der Waals surface area contributed by atoms with Crippen molar-refractivity contribution in [3.63, 3.8) is 0 Å². The van der Waals surface area contributed by atoms with Crippen molar-refractivity contribution in [2.45, 2.75) is 13.8 Å². The first-order valence-electron chi connectivity index (χ1n) is 5.63. The summed E-state index contributed by atoms with van der Waals surface area (Å²) in [4.78, 5) is 24.7. The Morgan fingerprint density at radius 3 is 2.28 bits per heavy atom. The van der Waals surface area contributed by atoms with Crippen LogP contribution >= 0.6 is 12.8 Å². The molecule has 0 aliphatic rings. The lowest BCUT2D eigenvalue weighted by Gasteiger charge is -2.25. The van der Waals surface area contributed by atoms with Gasteiger partial charge in [0.2, 0.25) is 0 Å². The van der Waals surface area contributed by atoms with Gasteiger partial charge in [0, 0.05) is 13.1 Å². The number of hydrogen-bond acceptors (Lipinski definition) is 3. The van der Waals surface area contributed by atoms with Crippen molar-refractivity contribution >= 4 is 30.5 Å². The van der Waals surface area contributed by atoms with E-state index in [1.54, 1.807) is 23.1 Å². The van der Waals surface area contributed by atoms with Gasteiger partial charge in [-0.2, -0.15) is 0 Å². The summed E-state index contributed by atoms with van der Waals surface area (Å²) in [6, 6.07) is 5.93. The molecule has 0 aliphatic heterocycles. The van der Waals surface area contributed by atoms with Gasteiger partial charge >= 0.3 is 12.0 Å². The van der Waals surface area contributed by atoms with Crippen LogP contribution in [-0.2, 0) is 0 Å². The highest BCUT2D eigenvalue weighted by Crippen LogP contribution is 2.23. The second kappa shape index (κ2) is 6.30. The van der Waals surface area contributed by atoms with Gasteiger partial charge in [-0.05, 0) is 26.0 Å². The summed E-state index contributed by atoms with van der Waals surface area (Å²) in [5, 5.41) is 9.06. The highest BCUT2D eigenvalue weighted by molar-refractivity contribution is 7.82. The molecule has 1 rings (SSSR count). The lowest BCUT2D eigenvalue weighted by molar-refractivity contribution is 0.0698. The van der Waals surface area contributed by atoms with E-state index in [0.717, 1.165) is 4.31 Å². The molecule has 1 N–H and O–H groups in total. The summed E-state index contributed by atoms with van der Waals surface area (Å²) in [7, 11) is 0. The minimum Gasteiger partial charge on any atom is -0.478 e. The number of rotatable bonds is 4. The van der Waals surface area contributed by atoms with Crippen LogP contribution in [0.3, 0.4) is 0 Å². The predicted octanol–water partition coefficient (Wildman–Crippen LogP) is 2.50. The minimum absolute atomic E-state index is 0.0491. The van der Waals surface area contributed by atoms with Crippen LogP contribution in [0.25, 0.3) is 0 Å². The molecular weight excluding hydrogens is 252 g/mol. The molecule has 0 fully saturated rings. The summed E-state index contributed by atoms with van der Waals surface area (Å²) in [6.45, 7) is 4.79. The van der Waals surface area contributed by atoms with Crippen molar-refractivity contribution in [3.8, 4) is 0 Å². The molecule has 1 aromatic rings. The molecule has 0 saturated carbocycles. The lowest BCUT2D eigenvalue weighted by atomic mass is 10.2. The van der Waals surface area contributed by atoms with Gasteiger partial charge in [-0.3, -0.25) is 0 Å². The third-order valence-corrected chi connectivity index (χ3v) is 2.96. The molecule has 0 spiro atoms. The Balaban J connectivity index is 3.07. The standard InChI is InChI=1S/C12H16N2O3S/c1-3-13(4-2)12(17)14(18)10-8-6-5-7-9(10)11(15)16/h5-8,18H,3-4H2,1-2H3,(H,15,16). The molecule has 0 aromatic heterocycles. The van der Waals surface area contributed by atoms with E-state index < -0.39 is 5.97 Å². The topological polar surface area (TPSA) is 60.9 Å². The number of urea groups is 1. The monoisotopic (exact) mass is 268 g/mol. The number of thiol groups is 1. The smallest absolute Gasteiger partial charge is 0.337 e. The van der Waals surface area contributed by atoms with Crippen LogP contribution in [0.2, 0.25) is 0 Å². The second-order valence-electron chi connectivity index (χ2n) is 3.59. The largest absolute Gasteiger partial charge is 0.478 e. The van der Waals surface area contributed by atoms with Crippen LogP contribution in [-0.4, -0.2) is 35.1 Å². The van der Waals surface area contributed by atoms with E-state index in [2.05, 4.69) is 12.8 Å². The molecule has 1 aromatic carbocycles. The second-order valence-corrected chi connectivity index (χ2v) is 3.99. The maximum Gasteiger partial charge on any atom is 0.337 e. The highest BCUT2D eigenvalue weighted by atomic mass is 32.1. The molecule has 18 heavy (non-hydrogen) atoms. The van der Waals surface area contributed by atoms with E-state index in [-0.39, 0.29) is 17.3 Å². The van der Waals surface area contributed by atoms with Gasteiger partial charge in [-0.15, -0.1) is 0 Å². The van der Waals surface area contributed by atoms with E-state index >= 15 is 0 Å². The maximum atomic E-state index is 12.1. The van der Waals surface area contributed by atoms with Crippen molar-refractivity contribution in [1.29, 1.82) is 0 Å². The predicted molar refractivity (Wildman–Crippen MR) is 73.2 cm³/mol. The van der Waals surface area contributed by atoms with Gasteiger partial charge in [-0.25, -0.2) is 13.9 Å². The van der Waals surface area contributed by atoms with E-state index in [1.807, 2.05) is 13.8 Å². The average Bonchev–Trinajstić information content (AvgIpc) is 2.39. The van der Waals surface area contributed by atoms with Crippen LogP contribution in [0, 0.1) is 0 Å². The van der Waals surface area contributed by atoms with Gasteiger partial charge in [0.25, 0.3) is 0 Å². The van der Waals surface area contributed by atoms with Crippen molar-refractivity contribution in [2.24, 2.45) is 0 Å². The van der Waals surface area contributed by atoms with E-state index in [4.69, 9.17) is 5.11 Å². The summed E-state index contributed by atoms with van der Waals surface area (Å²) >= 11 is 4.10. The van der Waals surface area contributed by atoms with Gasteiger partial charge in [0.05, 0.1) is 11.3 Å². The molecule has 98 valence electrons. The van der Waals surface area contributed by atoms with Crippen molar-refractivity contribution in [1.82, 2.24) is 4.90 Å². The van der Waals surface area contributed by atoms with Gasteiger partial charge < -0.3 is 10.0 Å². The zero-order chi connectivity index (χ0) is 13.7. The third kappa shape index (κ3) is 2.95. The van der Waals surface area contributed by atoms with E-state index in [1.165, 1.54) is 6.07 Å². The average molecular weight is 268 g/mol. The van der Waals surface area contributed by atoms with Crippen molar-refractivity contribution in [3.05, 3.63) is 29.8 Å². The number of aromatic carboxylic acids is 1.